The second-order valence-corrected chi connectivity index (χ2v) is 5.63. The molecule has 0 saturated carbocycles. The molecule has 2 rings (SSSR count). The van der Waals surface area contributed by atoms with Crippen molar-refractivity contribution in [2.24, 2.45) is 11.7 Å². The molecule has 2 amide bonds. The minimum Gasteiger partial charge on any atom is -0.493 e. The number of carbonyl (C=O) groups excluding carboxylic acids is 2. The summed E-state index contributed by atoms with van der Waals surface area (Å²) in [7, 11) is 0. The minimum atomic E-state index is -0.502. The normalized spacial score (nSPS) is 10.4. The Kier molecular flexibility index (Phi) is 5.36. The number of anilines is 1. The Balaban J connectivity index is 2.05. The number of rotatable bonds is 6. The molecule has 0 spiro atoms. The van der Waals surface area contributed by atoms with Crippen molar-refractivity contribution < 1.29 is 14.3 Å². The van der Waals surface area contributed by atoms with Gasteiger partial charge in [0.2, 0.25) is 5.91 Å². The minimum absolute atomic E-state index is 0.244. The molecule has 0 aromatic heterocycles. The first-order valence-corrected chi connectivity index (χ1v) is 7.40. The van der Waals surface area contributed by atoms with E-state index in [9.17, 15) is 9.59 Å². The highest BCUT2D eigenvalue weighted by atomic mass is 16.5. The maximum Gasteiger partial charge on any atom is 0.255 e. The van der Waals surface area contributed by atoms with E-state index < -0.39 is 5.91 Å². The first-order valence-electron chi connectivity index (χ1n) is 7.40. The summed E-state index contributed by atoms with van der Waals surface area (Å²) in [5.41, 5.74) is 6.67. The highest BCUT2D eigenvalue weighted by Crippen LogP contribution is 2.16. The maximum atomic E-state index is 12.3. The lowest BCUT2D eigenvalue weighted by Crippen LogP contribution is -2.13. The largest absolute Gasteiger partial charge is 0.493 e. The summed E-state index contributed by atoms with van der Waals surface area (Å²) in [5, 5.41) is 2.77. The second kappa shape index (κ2) is 7.45. The molecule has 5 heteroatoms. The zero-order valence-corrected chi connectivity index (χ0v) is 13.2. The Morgan fingerprint density at radius 3 is 2.39 bits per heavy atom. The van der Waals surface area contributed by atoms with E-state index in [4.69, 9.17) is 10.5 Å². The van der Waals surface area contributed by atoms with Crippen LogP contribution in [0, 0.1) is 5.92 Å². The number of carbonyl (C=O) groups is 2. The third-order valence-corrected chi connectivity index (χ3v) is 3.11. The highest BCUT2D eigenvalue weighted by molar-refractivity contribution is 6.04. The third kappa shape index (κ3) is 4.85. The van der Waals surface area contributed by atoms with Gasteiger partial charge in [-0.15, -0.1) is 0 Å². The summed E-state index contributed by atoms with van der Waals surface area (Å²) in [6, 6.07) is 13.4. The van der Waals surface area contributed by atoms with Gasteiger partial charge in [-0.3, -0.25) is 9.59 Å². The Morgan fingerprint density at radius 2 is 1.78 bits per heavy atom. The summed E-state index contributed by atoms with van der Waals surface area (Å²) in [4.78, 5) is 23.3. The molecule has 0 saturated heterocycles. The van der Waals surface area contributed by atoms with Crippen LogP contribution in [-0.2, 0) is 0 Å². The lowest BCUT2D eigenvalue weighted by atomic mass is 10.1. The van der Waals surface area contributed by atoms with Gasteiger partial charge in [-0.05, 0) is 48.4 Å². The van der Waals surface area contributed by atoms with Crippen LogP contribution < -0.4 is 15.8 Å². The van der Waals surface area contributed by atoms with E-state index in [2.05, 4.69) is 19.2 Å². The molecule has 0 atom stereocenters. The molecule has 2 aromatic rings. The molecule has 5 nitrogen and oxygen atoms in total. The molecule has 23 heavy (non-hydrogen) atoms. The van der Waals surface area contributed by atoms with E-state index in [0.717, 1.165) is 0 Å². The molecular formula is C18H20N2O3. The third-order valence-electron chi connectivity index (χ3n) is 3.11. The van der Waals surface area contributed by atoms with Gasteiger partial charge in [0.05, 0.1) is 6.61 Å². The molecule has 0 radical (unpaired) electrons. The number of nitrogens with two attached hydrogens (primary N) is 1. The zero-order valence-electron chi connectivity index (χ0n) is 13.2. The van der Waals surface area contributed by atoms with E-state index in [1.807, 2.05) is 6.07 Å². The van der Waals surface area contributed by atoms with Crippen molar-refractivity contribution >= 4 is 17.5 Å². The Bertz CT molecular complexity index is 694. The van der Waals surface area contributed by atoms with E-state index in [1.165, 1.54) is 0 Å². The zero-order chi connectivity index (χ0) is 16.8. The Labute approximate surface area is 135 Å². The van der Waals surface area contributed by atoms with Crippen molar-refractivity contribution in [3.05, 3.63) is 59.7 Å². The van der Waals surface area contributed by atoms with Crippen molar-refractivity contribution in [3.8, 4) is 5.75 Å². The van der Waals surface area contributed by atoms with E-state index >= 15 is 0 Å². The molecule has 0 bridgehead atoms. The SMILES string of the molecule is CC(C)COc1cccc(C(=O)Nc2ccc(C(N)=O)cc2)c1. The highest BCUT2D eigenvalue weighted by Gasteiger charge is 2.08. The number of ether oxygens (including phenoxy) is 1. The van der Waals surface area contributed by atoms with Gasteiger partial charge >= 0.3 is 0 Å². The van der Waals surface area contributed by atoms with Crippen molar-refractivity contribution in [2.45, 2.75) is 13.8 Å². The summed E-state index contributed by atoms with van der Waals surface area (Å²) in [6.45, 7) is 4.72. The van der Waals surface area contributed by atoms with Crippen molar-refractivity contribution in [1.29, 1.82) is 0 Å². The number of nitrogens with one attached hydrogen (secondary N) is 1. The topological polar surface area (TPSA) is 81.4 Å². The van der Waals surface area contributed by atoms with Crippen LogP contribution in [0.1, 0.15) is 34.6 Å². The van der Waals surface area contributed by atoms with Crippen LogP contribution in [0.15, 0.2) is 48.5 Å². The number of hydrogen-bond acceptors (Lipinski definition) is 3. The lowest BCUT2D eigenvalue weighted by Gasteiger charge is -2.10. The fraction of sp³-hybridized carbons (Fsp3) is 0.222. The van der Waals surface area contributed by atoms with E-state index in [-0.39, 0.29) is 5.91 Å². The molecule has 2 aromatic carbocycles. The van der Waals surface area contributed by atoms with Crippen molar-refractivity contribution in [2.75, 3.05) is 11.9 Å². The summed E-state index contributed by atoms with van der Waals surface area (Å²) in [6.07, 6.45) is 0. The van der Waals surface area contributed by atoms with Crippen LogP contribution >= 0.6 is 0 Å². The Hall–Kier alpha value is -2.82. The van der Waals surface area contributed by atoms with Crippen LogP contribution in [0.2, 0.25) is 0 Å². The van der Waals surface area contributed by atoms with Crippen molar-refractivity contribution in [3.63, 3.8) is 0 Å². The Morgan fingerprint density at radius 1 is 1.09 bits per heavy atom. The fourth-order valence-corrected chi connectivity index (χ4v) is 1.91. The van der Waals surface area contributed by atoms with Crippen LogP contribution in [0.5, 0.6) is 5.75 Å². The second-order valence-electron chi connectivity index (χ2n) is 5.63. The average molecular weight is 312 g/mol. The van der Waals surface area contributed by atoms with Gasteiger partial charge < -0.3 is 15.8 Å². The van der Waals surface area contributed by atoms with Gasteiger partial charge in [-0.25, -0.2) is 0 Å². The van der Waals surface area contributed by atoms with Gasteiger partial charge in [0.15, 0.2) is 0 Å². The number of benzene rings is 2. The number of amides is 2. The quantitative estimate of drug-likeness (QED) is 0.860. The van der Waals surface area contributed by atoms with E-state index in [0.29, 0.717) is 35.1 Å². The molecule has 120 valence electrons. The monoisotopic (exact) mass is 312 g/mol. The lowest BCUT2D eigenvalue weighted by molar-refractivity contribution is 0.0998. The van der Waals surface area contributed by atoms with Gasteiger partial charge in [0, 0.05) is 16.8 Å². The molecule has 0 fully saturated rings. The number of primary amides is 1. The standard InChI is InChI=1S/C18H20N2O3/c1-12(2)11-23-16-5-3-4-14(10-16)18(22)20-15-8-6-13(7-9-15)17(19)21/h3-10,12H,11H2,1-2H3,(H2,19,21)(H,20,22). The smallest absolute Gasteiger partial charge is 0.255 e. The van der Waals surface area contributed by atoms with Gasteiger partial charge in [0.1, 0.15) is 5.75 Å². The molecule has 0 aliphatic heterocycles. The number of hydrogen-bond donors (Lipinski definition) is 2. The predicted molar refractivity (Wildman–Crippen MR) is 89.7 cm³/mol. The molecular weight excluding hydrogens is 292 g/mol. The summed E-state index contributed by atoms with van der Waals surface area (Å²) >= 11 is 0. The molecule has 0 unspecified atom stereocenters. The van der Waals surface area contributed by atoms with Crippen LogP contribution in [-0.4, -0.2) is 18.4 Å². The van der Waals surface area contributed by atoms with Gasteiger partial charge in [-0.2, -0.15) is 0 Å². The predicted octanol–water partition coefficient (Wildman–Crippen LogP) is 3.07. The van der Waals surface area contributed by atoms with Crippen molar-refractivity contribution in [1.82, 2.24) is 0 Å². The first kappa shape index (κ1) is 16.5. The van der Waals surface area contributed by atoms with Crippen LogP contribution in [0.3, 0.4) is 0 Å². The molecule has 3 N–H and O–H groups in total. The fourth-order valence-electron chi connectivity index (χ4n) is 1.91. The molecule has 0 heterocycles. The first-order chi connectivity index (χ1) is 11.0. The van der Waals surface area contributed by atoms with E-state index in [1.54, 1.807) is 42.5 Å². The van der Waals surface area contributed by atoms with Crippen LogP contribution in [0.25, 0.3) is 0 Å². The van der Waals surface area contributed by atoms with Gasteiger partial charge in [-0.1, -0.05) is 19.9 Å². The summed E-state index contributed by atoms with van der Waals surface area (Å²) in [5.74, 6) is 0.330. The molecule has 0 aliphatic rings. The van der Waals surface area contributed by atoms with Crippen LogP contribution in [0.4, 0.5) is 5.69 Å². The van der Waals surface area contributed by atoms with Gasteiger partial charge in [0.25, 0.3) is 5.91 Å². The summed E-state index contributed by atoms with van der Waals surface area (Å²) < 4.78 is 5.62. The average Bonchev–Trinajstić information content (AvgIpc) is 2.53. The molecule has 0 aliphatic carbocycles. The maximum absolute atomic E-state index is 12.3.